The Bertz CT molecular complexity index is 727. The number of rotatable bonds is 6. The third-order valence-corrected chi connectivity index (χ3v) is 5.31. The van der Waals surface area contributed by atoms with Crippen molar-refractivity contribution in [2.24, 2.45) is 0 Å². The van der Waals surface area contributed by atoms with Gasteiger partial charge in [0.05, 0.1) is 0 Å². The molecule has 1 aromatic carbocycles. The number of carbonyl (C=O) groups is 1. The van der Waals surface area contributed by atoms with Gasteiger partial charge in [-0.2, -0.15) is 0 Å². The molecule has 27 heavy (non-hydrogen) atoms. The molecule has 0 N–H and O–H groups in total. The summed E-state index contributed by atoms with van der Waals surface area (Å²) in [5.41, 5.74) is 1.85. The van der Waals surface area contributed by atoms with Crippen molar-refractivity contribution in [3.05, 3.63) is 65.7 Å². The molecule has 1 saturated carbocycles. The topological polar surface area (TPSA) is 36.4 Å². The van der Waals surface area contributed by atoms with Crippen LogP contribution in [0.15, 0.2) is 48.8 Å². The quantitative estimate of drug-likeness (QED) is 0.766. The van der Waals surface area contributed by atoms with Gasteiger partial charge in [-0.05, 0) is 56.3 Å². The third kappa shape index (κ3) is 4.92. The van der Waals surface area contributed by atoms with Gasteiger partial charge in [-0.3, -0.25) is 14.7 Å². The van der Waals surface area contributed by atoms with Gasteiger partial charge in [0.25, 0.3) is 0 Å². The van der Waals surface area contributed by atoms with E-state index in [1.54, 1.807) is 18.3 Å². The van der Waals surface area contributed by atoms with Crippen LogP contribution in [0.1, 0.15) is 49.3 Å². The third-order valence-electron chi connectivity index (χ3n) is 5.31. The molecule has 0 radical (unpaired) electrons. The van der Waals surface area contributed by atoms with E-state index in [-0.39, 0.29) is 17.8 Å². The van der Waals surface area contributed by atoms with E-state index in [9.17, 15) is 9.18 Å². The SMILES string of the molecule is CN(C)C(C(=O)N(Cc1cccnc1)C1CCCCC1)c1ccc(F)cc1. The first kappa shape index (κ1) is 19.5. The number of halogens is 1. The number of hydrogen-bond donors (Lipinski definition) is 0. The molecule has 1 atom stereocenters. The molecule has 4 nitrogen and oxygen atoms in total. The standard InChI is InChI=1S/C22H28FN3O/c1-25(2)21(18-10-12-19(23)13-11-18)22(27)26(20-8-4-3-5-9-20)16-17-7-6-14-24-15-17/h6-7,10-15,20-21H,3-5,8-9,16H2,1-2H3. The van der Waals surface area contributed by atoms with E-state index in [1.165, 1.54) is 18.6 Å². The average molecular weight is 369 g/mol. The lowest BCUT2D eigenvalue weighted by Gasteiger charge is -2.38. The molecule has 3 rings (SSSR count). The van der Waals surface area contributed by atoms with Crippen molar-refractivity contribution < 1.29 is 9.18 Å². The number of benzene rings is 1. The number of likely N-dealkylation sites (N-methyl/N-ethyl adjacent to an activating group) is 1. The molecular weight excluding hydrogens is 341 g/mol. The molecule has 0 aliphatic heterocycles. The van der Waals surface area contributed by atoms with Crippen LogP contribution in [-0.2, 0) is 11.3 Å². The van der Waals surface area contributed by atoms with Crippen molar-refractivity contribution in [1.82, 2.24) is 14.8 Å². The van der Waals surface area contributed by atoms with Crippen LogP contribution in [0.5, 0.6) is 0 Å². The summed E-state index contributed by atoms with van der Waals surface area (Å²) >= 11 is 0. The fourth-order valence-corrected chi connectivity index (χ4v) is 3.93. The lowest BCUT2D eigenvalue weighted by atomic mass is 9.92. The summed E-state index contributed by atoms with van der Waals surface area (Å²) in [7, 11) is 3.80. The first-order valence-corrected chi connectivity index (χ1v) is 9.67. The number of aromatic nitrogens is 1. The Morgan fingerprint density at radius 1 is 1.15 bits per heavy atom. The lowest BCUT2D eigenvalue weighted by Crippen LogP contribution is -2.46. The Morgan fingerprint density at radius 2 is 1.85 bits per heavy atom. The van der Waals surface area contributed by atoms with Crippen LogP contribution in [0.4, 0.5) is 4.39 Å². The zero-order valence-electron chi connectivity index (χ0n) is 16.1. The summed E-state index contributed by atoms with van der Waals surface area (Å²) < 4.78 is 13.4. The number of hydrogen-bond acceptors (Lipinski definition) is 3. The summed E-state index contributed by atoms with van der Waals surface area (Å²) in [6.07, 6.45) is 9.20. The second-order valence-corrected chi connectivity index (χ2v) is 7.54. The van der Waals surface area contributed by atoms with Crippen LogP contribution >= 0.6 is 0 Å². The van der Waals surface area contributed by atoms with Crippen molar-refractivity contribution >= 4 is 5.91 Å². The molecule has 1 aliphatic rings. The normalized spacial score (nSPS) is 16.3. The largest absolute Gasteiger partial charge is 0.334 e. The lowest BCUT2D eigenvalue weighted by molar-refractivity contribution is -0.140. The van der Waals surface area contributed by atoms with E-state index in [0.717, 1.165) is 36.8 Å². The summed E-state index contributed by atoms with van der Waals surface area (Å²) in [5.74, 6) is -0.217. The van der Waals surface area contributed by atoms with Crippen LogP contribution in [0.3, 0.4) is 0 Å². The molecule has 1 amide bonds. The van der Waals surface area contributed by atoms with E-state index in [0.29, 0.717) is 6.54 Å². The first-order valence-electron chi connectivity index (χ1n) is 9.67. The molecule has 1 unspecified atom stereocenters. The maximum Gasteiger partial charge on any atom is 0.245 e. The minimum atomic E-state index is -0.427. The van der Waals surface area contributed by atoms with Crippen LogP contribution in [0.2, 0.25) is 0 Å². The zero-order chi connectivity index (χ0) is 19.2. The molecule has 1 aliphatic carbocycles. The van der Waals surface area contributed by atoms with Crippen molar-refractivity contribution in [1.29, 1.82) is 0 Å². The highest BCUT2D eigenvalue weighted by Gasteiger charge is 2.32. The van der Waals surface area contributed by atoms with Crippen LogP contribution < -0.4 is 0 Å². The highest BCUT2D eigenvalue weighted by Crippen LogP contribution is 2.29. The fourth-order valence-electron chi connectivity index (χ4n) is 3.93. The van der Waals surface area contributed by atoms with Gasteiger partial charge in [0.2, 0.25) is 5.91 Å². The van der Waals surface area contributed by atoms with E-state index in [2.05, 4.69) is 4.98 Å². The van der Waals surface area contributed by atoms with E-state index >= 15 is 0 Å². The van der Waals surface area contributed by atoms with Gasteiger partial charge in [0, 0.05) is 25.0 Å². The smallest absolute Gasteiger partial charge is 0.245 e. The molecule has 5 heteroatoms. The highest BCUT2D eigenvalue weighted by molar-refractivity contribution is 5.83. The maximum absolute atomic E-state index is 13.6. The van der Waals surface area contributed by atoms with Crippen molar-refractivity contribution in [3.63, 3.8) is 0 Å². The Labute approximate surface area is 161 Å². The maximum atomic E-state index is 13.6. The van der Waals surface area contributed by atoms with Crippen LogP contribution in [0, 0.1) is 5.82 Å². The van der Waals surface area contributed by atoms with Gasteiger partial charge < -0.3 is 4.90 Å². The summed E-state index contributed by atoms with van der Waals surface area (Å²) in [6.45, 7) is 0.558. The molecular formula is C22H28FN3O. The van der Waals surface area contributed by atoms with Crippen LogP contribution in [0.25, 0.3) is 0 Å². The molecule has 144 valence electrons. The molecule has 0 bridgehead atoms. The van der Waals surface area contributed by atoms with E-state index in [1.807, 2.05) is 42.2 Å². The number of pyridine rings is 1. The molecule has 1 fully saturated rings. The highest BCUT2D eigenvalue weighted by atomic mass is 19.1. The Balaban J connectivity index is 1.90. The van der Waals surface area contributed by atoms with E-state index < -0.39 is 6.04 Å². The molecule has 1 heterocycles. The van der Waals surface area contributed by atoms with Gasteiger partial charge in [0.15, 0.2) is 0 Å². The minimum absolute atomic E-state index is 0.0716. The Morgan fingerprint density at radius 3 is 2.44 bits per heavy atom. The average Bonchev–Trinajstić information content (AvgIpc) is 2.69. The fraction of sp³-hybridized carbons (Fsp3) is 0.455. The summed E-state index contributed by atoms with van der Waals surface area (Å²) in [6, 6.07) is 10.00. The predicted octanol–water partition coefficient (Wildman–Crippen LogP) is 4.18. The minimum Gasteiger partial charge on any atom is -0.334 e. The van der Waals surface area contributed by atoms with Crippen molar-refractivity contribution in [2.45, 2.75) is 50.7 Å². The zero-order valence-corrected chi connectivity index (χ0v) is 16.1. The predicted molar refractivity (Wildman–Crippen MR) is 104 cm³/mol. The summed E-state index contributed by atoms with van der Waals surface area (Å²) in [4.78, 5) is 21.8. The van der Waals surface area contributed by atoms with Gasteiger partial charge in [-0.25, -0.2) is 4.39 Å². The molecule has 2 aromatic rings. The van der Waals surface area contributed by atoms with Crippen LogP contribution in [-0.4, -0.2) is 40.8 Å². The van der Waals surface area contributed by atoms with Gasteiger partial charge in [-0.15, -0.1) is 0 Å². The molecule has 1 aromatic heterocycles. The first-order chi connectivity index (χ1) is 13.1. The Hall–Kier alpha value is -2.27. The van der Waals surface area contributed by atoms with Crippen molar-refractivity contribution in [2.75, 3.05) is 14.1 Å². The van der Waals surface area contributed by atoms with Crippen molar-refractivity contribution in [3.8, 4) is 0 Å². The Kier molecular flexibility index (Phi) is 6.56. The van der Waals surface area contributed by atoms with Gasteiger partial charge in [0.1, 0.15) is 11.9 Å². The van der Waals surface area contributed by atoms with Gasteiger partial charge in [-0.1, -0.05) is 37.5 Å². The molecule has 0 saturated heterocycles. The number of nitrogens with zero attached hydrogens (tertiary/aromatic N) is 3. The number of carbonyl (C=O) groups excluding carboxylic acids is 1. The van der Waals surface area contributed by atoms with E-state index in [4.69, 9.17) is 0 Å². The van der Waals surface area contributed by atoms with Gasteiger partial charge >= 0.3 is 0 Å². The second kappa shape index (κ2) is 9.09. The number of amides is 1. The second-order valence-electron chi connectivity index (χ2n) is 7.54. The summed E-state index contributed by atoms with van der Waals surface area (Å²) in [5, 5.41) is 0. The monoisotopic (exact) mass is 369 g/mol. The molecule has 0 spiro atoms.